The average Bonchev–Trinajstić information content (AvgIpc) is 2.70. The van der Waals surface area contributed by atoms with E-state index in [1.54, 1.807) is 7.11 Å². The maximum absolute atomic E-state index is 9.92. The molecule has 2 rings (SSSR count). The number of ether oxygens (including phenoxy) is 1. The van der Waals surface area contributed by atoms with Gasteiger partial charge in [-0.15, -0.1) is 0 Å². The smallest absolute Gasteiger partial charge is 0.0667 e. The van der Waals surface area contributed by atoms with Crippen LogP contribution in [0.15, 0.2) is 0 Å². The van der Waals surface area contributed by atoms with Crippen molar-refractivity contribution in [2.24, 2.45) is 5.41 Å². The van der Waals surface area contributed by atoms with Gasteiger partial charge in [-0.05, 0) is 37.6 Å². The Morgan fingerprint density at radius 2 is 1.95 bits per heavy atom. The second-order valence-electron chi connectivity index (χ2n) is 7.11. The van der Waals surface area contributed by atoms with Crippen LogP contribution in [0.5, 0.6) is 0 Å². The van der Waals surface area contributed by atoms with Crippen molar-refractivity contribution in [3.05, 3.63) is 0 Å². The number of nitrogens with zero attached hydrogens (tertiary/aromatic N) is 1. The fourth-order valence-electron chi connectivity index (χ4n) is 4.05. The van der Waals surface area contributed by atoms with E-state index in [4.69, 9.17) is 4.74 Å². The number of β-amino-alcohol motifs (C(OH)–C–C–N with tert-alkyl or cyclic N) is 1. The molecule has 1 unspecified atom stereocenters. The van der Waals surface area contributed by atoms with Gasteiger partial charge in [-0.2, -0.15) is 0 Å². The molecule has 0 bridgehead atoms. The van der Waals surface area contributed by atoms with Crippen LogP contribution in [0, 0.1) is 5.41 Å². The Balaban J connectivity index is 1.89. The number of aliphatic hydroxyl groups is 1. The van der Waals surface area contributed by atoms with E-state index in [2.05, 4.69) is 10.2 Å². The predicted molar refractivity (Wildman–Crippen MR) is 86.6 cm³/mol. The van der Waals surface area contributed by atoms with Crippen molar-refractivity contribution in [3.63, 3.8) is 0 Å². The zero-order chi connectivity index (χ0) is 15.0. The summed E-state index contributed by atoms with van der Waals surface area (Å²) >= 11 is 0. The van der Waals surface area contributed by atoms with E-state index in [1.165, 1.54) is 38.5 Å². The van der Waals surface area contributed by atoms with Gasteiger partial charge in [-0.25, -0.2) is 0 Å². The number of likely N-dealkylation sites (tertiary alicyclic amines) is 1. The third-order valence-electron chi connectivity index (χ3n) is 5.19. The summed E-state index contributed by atoms with van der Waals surface area (Å²) in [5.41, 5.74) is 0.404. The molecule has 2 fully saturated rings. The molecule has 4 heteroatoms. The van der Waals surface area contributed by atoms with Gasteiger partial charge in [0.1, 0.15) is 0 Å². The fraction of sp³-hybridized carbons (Fsp3) is 1.00. The second-order valence-corrected chi connectivity index (χ2v) is 7.11. The van der Waals surface area contributed by atoms with Crippen LogP contribution in [-0.4, -0.2) is 62.6 Å². The van der Waals surface area contributed by atoms with E-state index < -0.39 is 0 Å². The van der Waals surface area contributed by atoms with Crippen LogP contribution in [0.4, 0.5) is 0 Å². The monoisotopic (exact) mass is 298 g/mol. The minimum absolute atomic E-state index is 0.108. The largest absolute Gasteiger partial charge is 0.392 e. The lowest BCUT2D eigenvalue weighted by Crippen LogP contribution is -2.48. The van der Waals surface area contributed by atoms with Crippen molar-refractivity contribution in [3.8, 4) is 0 Å². The average molecular weight is 298 g/mol. The number of piperidine rings is 1. The molecule has 0 aromatic rings. The third-order valence-corrected chi connectivity index (χ3v) is 5.19. The number of methoxy groups -OCH3 is 1. The molecule has 1 aliphatic carbocycles. The zero-order valence-electron chi connectivity index (χ0n) is 13.8. The molecule has 0 aromatic carbocycles. The molecular formula is C17H34N2O2. The molecule has 2 aliphatic rings. The van der Waals surface area contributed by atoms with Crippen LogP contribution < -0.4 is 5.32 Å². The van der Waals surface area contributed by atoms with Crippen LogP contribution in [0.3, 0.4) is 0 Å². The Bertz CT molecular complexity index is 278. The molecule has 21 heavy (non-hydrogen) atoms. The van der Waals surface area contributed by atoms with Gasteiger partial charge in [-0.3, -0.25) is 0 Å². The number of nitrogens with one attached hydrogen (secondary N) is 1. The van der Waals surface area contributed by atoms with Crippen molar-refractivity contribution in [1.82, 2.24) is 10.2 Å². The van der Waals surface area contributed by atoms with Gasteiger partial charge in [0.15, 0.2) is 0 Å². The van der Waals surface area contributed by atoms with E-state index in [0.29, 0.717) is 5.41 Å². The van der Waals surface area contributed by atoms with Gasteiger partial charge < -0.3 is 20.1 Å². The first-order valence-corrected chi connectivity index (χ1v) is 8.84. The van der Waals surface area contributed by atoms with Gasteiger partial charge in [0.05, 0.1) is 12.7 Å². The van der Waals surface area contributed by atoms with E-state index in [1.807, 2.05) is 0 Å². The Morgan fingerprint density at radius 3 is 2.62 bits per heavy atom. The summed E-state index contributed by atoms with van der Waals surface area (Å²) in [5.74, 6) is 0. The highest BCUT2D eigenvalue weighted by Crippen LogP contribution is 2.36. The Kier molecular flexibility index (Phi) is 7.44. The molecule has 1 saturated carbocycles. The number of hydrogen-bond donors (Lipinski definition) is 2. The van der Waals surface area contributed by atoms with Crippen LogP contribution in [0.2, 0.25) is 0 Å². The summed E-state index contributed by atoms with van der Waals surface area (Å²) in [6.45, 7) is 6.03. The van der Waals surface area contributed by atoms with Gasteiger partial charge in [0.2, 0.25) is 0 Å². The third kappa shape index (κ3) is 5.85. The molecule has 1 atom stereocenters. The second kappa shape index (κ2) is 9.09. The van der Waals surface area contributed by atoms with Gasteiger partial charge >= 0.3 is 0 Å². The van der Waals surface area contributed by atoms with Crippen LogP contribution in [0.25, 0.3) is 0 Å². The van der Waals surface area contributed by atoms with E-state index in [0.717, 1.165) is 52.2 Å². The molecule has 1 heterocycles. The Labute approximate surface area is 130 Å². The summed E-state index contributed by atoms with van der Waals surface area (Å²) in [5, 5.41) is 13.5. The standard InChI is InChI=1S/C17H34N2O2/c1-21-12-10-18-14-17(8-4-2-3-5-9-17)15-19-11-6-7-16(20)13-19/h16,18,20H,2-15H2,1H3. The van der Waals surface area contributed by atoms with Crippen LogP contribution in [0.1, 0.15) is 51.4 Å². The highest BCUT2D eigenvalue weighted by atomic mass is 16.5. The Morgan fingerprint density at radius 1 is 1.19 bits per heavy atom. The summed E-state index contributed by atoms with van der Waals surface area (Å²) in [4.78, 5) is 2.51. The normalized spacial score (nSPS) is 27.4. The first-order chi connectivity index (χ1) is 10.2. The van der Waals surface area contributed by atoms with Crippen LogP contribution in [-0.2, 0) is 4.74 Å². The van der Waals surface area contributed by atoms with Gasteiger partial charge in [0.25, 0.3) is 0 Å². The lowest BCUT2D eigenvalue weighted by atomic mass is 9.79. The molecule has 0 aromatic heterocycles. The van der Waals surface area contributed by atoms with Crippen molar-refractivity contribution < 1.29 is 9.84 Å². The lowest BCUT2D eigenvalue weighted by Gasteiger charge is -2.41. The molecular weight excluding hydrogens is 264 g/mol. The molecule has 124 valence electrons. The van der Waals surface area contributed by atoms with E-state index in [-0.39, 0.29) is 6.10 Å². The van der Waals surface area contributed by atoms with Crippen LogP contribution >= 0.6 is 0 Å². The molecule has 4 nitrogen and oxygen atoms in total. The van der Waals surface area contributed by atoms with Gasteiger partial charge in [-0.1, -0.05) is 25.7 Å². The number of aliphatic hydroxyl groups excluding tert-OH is 1. The minimum Gasteiger partial charge on any atom is -0.392 e. The highest BCUT2D eigenvalue weighted by Gasteiger charge is 2.33. The molecule has 1 aliphatic heterocycles. The topological polar surface area (TPSA) is 44.7 Å². The highest BCUT2D eigenvalue weighted by molar-refractivity contribution is 4.88. The number of hydrogen-bond acceptors (Lipinski definition) is 4. The van der Waals surface area contributed by atoms with Crippen molar-refractivity contribution >= 4 is 0 Å². The number of rotatable bonds is 7. The first kappa shape index (κ1) is 17.2. The summed E-state index contributed by atoms with van der Waals surface area (Å²) in [6.07, 6.45) is 10.2. The molecule has 0 spiro atoms. The first-order valence-electron chi connectivity index (χ1n) is 8.84. The maximum atomic E-state index is 9.92. The summed E-state index contributed by atoms with van der Waals surface area (Å²) in [6, 6.07) is 0. The minimum atomic E-state index is -0.108. The molecule has 0 radical (unpaired) electrons. The van der Waals surface area contributed by atoms with E-state index >= 15 is 0 Å². The molecule has 1 saturated heterocycles. The SMILES string of the molecule is COCCNCC1(CN2CCCC(O)C2)CCCCCC1. The maximum Gasteiger partial charge on any atom is 0.0667 e. The molecule has 0 amide bonds. The van der Waals surface area contributed by atoms with Crippen molar-refractivity contribution in [2.75, 3.05) is 46.4 Å². The van der Waals surface area contributed by atoms with Crippen molar-refractivity contribution in [2.45, 2.75) is 57.5 Å². The summed E-state index contributed by atoms with van der Waals surface area (Å²) in [7, 11) is 1.76. The van der Waals surface area contributed by atoms with Crippen molar-refractivity contribution in [1.29, 1.82) is 0 Å². The quantitative estimate of drug-likeness (QED) is 0.557. The van der Waals surface area contributed by atoms with Gasteiger partial charge in [0, 0.05) is 33.3 Å². The van der Waals surface area contributed by atoms with E-state index in [9.17, 15) is 5.11 Å². The zero-order valence-corrected chi connectivity index (χ0v) is 13.8. The fourth-order valence-corrected chi connectivity index (χ4v) is 4.05. The lowest BCUT2D eigenvalue weighted by molar-refractivity contribution is 0.0374. The Hall–Kier alpha value is -0.160. The predicted octanol–water partition coefficient (Wildman–Crippen LogP) is 2.02. The molecule has 2 N–H and O–H groups in total. The summed E-state index contributed by atoms with van der Waals surface area (Å²) < 4.78 is 5.15.